The Morgan fingerprint density at radius 1 is 1.03 bits per heavy atom. The molecule has 0 aliphatic heterocycles. The lowest BCUT2D eigenvalue weighted by Crippen LogP contribution is -2.45. The lowest BCUT2D eigenvalue weighted by Gasteiger charge is -2.30. The van der Waals surface area contributed by atoms with E-state index >= 15 is 0 Å². The van der Waals surface area contributed by atoms with E-state index in [-0.39, 0.29) is 12.1 Å². The average Bonchev–Trinajstić information content (AvgIpc) is 3.10. The van der Waals surface area contributed by atoms with Gasteiger partial charge in [-0.2, -0.15) is 5.10 Å². The summed E-state index contributed by atoms with van der Waals surface area (Å²) in [5.74, 6) is 1.57. The summed E-state index contributed by atoms with van der Waals surface area (Å²) in [6.45, 7) is 8.76. The Morgan fingerprint density at radius 2 is 1.72 bits per heavy atom. The van der Waals surface area contributed by atoms with Crippen LogP contribution in [0.15, 0.2) is 24.3 Å². The number of urea groups is 1. The summed E-state index contributed by atoms with van der Waals surface area (Å²) in [6.07, 6.45) is 4.80. The number of hydrogen-bond donors (Lipinski definition) is 3. The van der Waals surface area contributed by atoms with E-state index in [0.717, 1.165) is 66.2 Å². The minimum Gasteiger partial charge on any atom is -0.367 e. The lowest BCUT2D eigenvalue weighted by atomic mass is 9.91. The third-order valence-corrected chi connectivity index (χ3v) is 6.03. The first kappa shape index (κ1) is 22.0. The number of anilines is 1. The molecule has 4 rings (SSSR count). The smallest absolute Gasteiger partial charge is 0.315 e. The van der Waals surface area contributed by atoms with Gasteiger partial charge in [-0.25, -0.2) is 19.4 Å². The number of nitrogens with zero attached hydrogens (tertiary/aromatic N) is 4. The number of fused-ring (bicyclic) bond motifs is 1. The third kappa shape index (κ3) is 4.84. The van der Waals surface area contributed by atoms with Crippen molar-refractivity contribution in [2.75, 3.05) is 11.9 Å². The Kier molecular flexibility index (Phi) is 6.58. The van der Waals surface area contributed by atoms with Crippen molar-refractivity contribution in [3.05, 3.63) is 41.3 Å². The molecule has 0 radical (unpaired) electrons. The van der Waals surface area contributed by atoms with E-state index < -0.39 is 0 Å². The van der Waals surface area contributed by atoms with Crippen molar-refractivity contribution >= 4 is 22.9 Å². The molecule has 0 saturated heterocycles. The van der Waals surface area contributed by atoms with Crippen molar-refractivity contribution in [1.82, 2.24) is 30.4 Å². The van der Waals surface area contributed by atoms with Crippen LogP contribution in [0.3, 0.4) is 0 Å². The Labute approximate surface area is 189 Å². The highest BCUT2D eigenvalue weighted by Gasteiger charge is 2.24. The SMILES string of the molecule is CCCNC(=O)NC1CCC(Nc2nc(C)nc3c2c(C)nn3-c2ccc(C)cc2)CC1. The number of amides is 2. The predicted octanol–water partition coefficient (Wildman–Crippen LogP) is 4.17. The largest absolute Gasteiger partial charge is 0.367 e. The molecule has 8 heteroatoms. The summed E-state index contributed by atoms with van der Waals surface area (Å²) >= 11 is 0. The highest BCUT2D eigenvalue weighted by atomic mass is 16.2. The zero-order valence-corrected chi connectivity index (χ0v) is 19.4. The van der Waals surface area contributed by atoms with Gasteiger partial charge in [0.15, 0.2) is 5.65 Å². The van der Waals surface area contributed by atoms with Gasteiger partial charge < -0.3 is 16.0 Å². The molecule has 170 valence electrons. The second kappa shape index (κ2) is 9.54. The van der Waals surface area contributed by atoms with Crippen molar-refractivity contribution in [3.8, 4) is 5.69 Å². The van der Waals surface area contributed by atoms with Gasteiger partial charge in [0, 0.05) is 18.6 Å². The molecule has 1 aliphatic rings. The van der Waals surface area contributed by atoms with Gasteiger partial charge in [0.05, 0.1) is 16.8 Å². The normalized spacial score (nSPS) is 18.5. The maximum atomic E-state index is 11.9. The number of aryl methyl sites for hydroxylation is 3. The Morgan fingerprint density at radius 3 is 2.41 bits per heavy atom. The number of carbonyl (C=O) groups excluding carboxylic acids is 1. The minimum absolute atomic E-state index is 0.0597. The van der Waals surface area contributed by atoms with E-state index in [1.54, 1.807) is 0 Å². The van der Waals surface area contributed by atoms with Crippen LogP contribution < -0.4 is 16.0 Å². The quantitative estimate of drug-likeness (QED) is 0.540. The number of benzene rings is 1. The number of carbonyl (C=O) groups is 1. The molecule has 8 nitrogen and oxygen atoms in total. The molecule has 2 amide bonds. The van der Waals surface area contributed by atoms with Gasteiger partial charge in [-0.1, -0.05) is 24.6 Å². The van der Waals surface area contributed by atoms with Crippen LogP contribution >= 0.6 is 0 Å². The highest BCUT2D eigenvalue weighted by molar-refractivity contribution is 5.90. The van der Waals surface area contributed by atoms with Gasteiger partial charge in [-0.15, -0.1) is 0 Å². The first-order chi connectivity index (χ1) is 15.4. The third-order valence-electron chi connectivity index (χ3n) is 6.03. The fourth-order valence-electron chi connectivity index (χ4n) is 4.31. The average molecular weight is 436 g/mol. The van der Waals surface area contributed by atoms with Crippen molar-refractivity contribution in [1.29, 1.82) is 0 Å². The van der Waals surface area contributed by atoms with Gasteiger partial charge in [-0.05, 0) is 65.0 Å². The molecule has 1 aromatic carbocycles. The molecule has 0 unspecified atom stereocenters. The van der Waals surface area contributed by atoms with Gasteiger partial charge in [-0.3, -0.25) is 0 Å². The zero-order valence-electron chi connectivity index (χ0n) is 19.4. The molecule has 0 atom stereocenters. The molecule has 3 N–H and O–H groups in total. The van der Waals surface area contributed by atoms with Crippen LogP contribution in [-0.4, -0.2) is 44.4 Å². The second-order valence-corrected chi connectivity index (χ2v) is 8.74. The lowest BCUT2D eigenvalue weighted by molar-refractivity contribution is 0.232. The van der Waals surface area contributed by atoms with Gasteiger partial charge >= 0.3 is 6.03 Å². The van der Waals surface area contributed by atoms with Crippen molar-refractivity contribution in [3.63, 3.8) is 0 Å². The molecular weight excluding hydrogens is 402 g/mol. The van der Waals surface area contributed by atoms with E-state index in [0.29, 0.717) is 12.6 Å². The number of aromatic nitrogens is 4. The molecule has 1 aliphatic carbocycles. The number of hydrogen-bond acceptors (Lipinski definition) is 5. The molecule has 0 spiro atoms. The summed E-state index contributed by atoms with van der Waals surface area (Å²) < 4.78 is 1.90. The van der Waals surface area contributed by atoms with E-state index in [2.05, 4.69) is 54.1 Å². The van der Waals surface area contributed by atoms with Crippen molar-refractivity contribution < 1.29 is 4.79 Å². The maximum Gasteiger partial charge on any atom is 0.315 e. The van der Waals surface area contributed by atoms with Crippen LogP contribution in [0.25, 0.3) is 16.7 Å². The first-order valence-corrected chi connectivity index (χ1v) is 11.6. The molecule has 2 aromatic heterocycles. The standard InChI is InChI=1S/C24H33N7O/c1-5-14-25-24(32)29-19-10-8-18(9-11-19)28-22-21-16(3)30-31(23(21)27-17(4)26-22)20-12-6-15(2)7-13-20/h6-7,12-13,18-19H,5,8-11,14H2,1-4H3,(H2,25,29,32)(H,26,27,28). The molecule has 2 heterocycles. The Hall–Kier alpha value is -3.16. The fraction of sp³-hybridized carbons (Fsp3) is 0.500. The predicted molar refractivity (Wildman–Crippen MR) is 127 cm³/mol. The van der Waals surface area contributed by atoms with E-state index in [9.17, 15) is 4.79 Å². The second-order valence-electron chi connectivity index (χ2n) is 8.74. The molecule has 1 saturated carbocycles. The topological polar surface area (TPSA) is 96.8 Å². The highest BCUT2D eigenvalue weighted by Crippen LogP contribution is 2.29. The van der Waals surface area contributed by atoms with Crippen molar-refractivity contribution in [2.24, 2.45) is 0 Å². The van der Waals surface area contributed by atoms with E-state index in [4.69, 9.17) is 15.1 Å². The van der Waals surface area contributed by atoms with Crippen molar-refractivity contribution in [2.45, 2.75) is 71.9 Å². The first-order valence-electron chi connectivity index (χ1n) is 11.6. The summed E-state index contributed by atoms with van der Waals surface area (Å²) in [5, 5.41) is 15.4. The van der Waals surface area contributed by atoms with Gasteiger partial charge in [0.2, 0.25) is 0 Å². The summed E-state index contributed by atoms with van der Waals surface area (Å²) in [6, 6.07) is 8.78. The monoisotopic (exact) mass is 435 g/mol. The van der Waals surface area contributed by atoms with Crippen LogP contribution in [0.4, 0.5) is 10.6 Å². The molecule has 3 aromatic rings. The summed E-state index contributed by atoms with van der Waals surface area (Å²) in [5.41, 5.74) is 3.93. The van der Waals surface area contributed by atoms with Crippen LogP contribution in [0.2, 0.25) is 0 Å². The Balaban J connectivity index is 1.49. The Bertz CT molecular complexity index is 1080. The van der Waals surface area contributed by atoms with Crippen LogP contribution in [0.1, 0.15) is 56.1 Å². The van der Waals surface area contributed by atoms with Crippen LogP contribution in [0, 0.1) is 20.8 Å². The van der Waals surface area contributed by atoms with E-state index in [1.807, 2.05) is 18.5 Å². The van der Waals surface area contributed by atoms with E-state index in [1.165, 1.54) is 5.56 Å². The van der Waals surface area contributed by atoms with Gasteiger partial charge in [0.25, 0.3) is 0 Å². The van der Waals surface area contributed by atoms with Crippen LogP contribution in [0.5, 0.6) is 0 Å². The molecule has 1 fully saturated rings. The minimum atomic E-state index is -0.0597. The number of nitrogens with one attached hydrogen (secondary N) is 3. The summed E-state index contributed by atoms with van der Waals surface area (Å²) in [7, 11) is 0. The number of rotatable bonds is 6. The molecular formula is C24H33N7O. The fourth-order valence-corrected chi connectivity index (χ4v) is 4.31. The molecule has 32 heavy (non-hydrogen) atoms. The zero-order chi connectivity index (χ0) is 22.7. The summed E-state index contributed by atoms with van der Waals surface area (Å²) in [4.78, 5) is 21.4. The maximum absolute atomic E-state index is 11.9. The van der Waals surface area contributed by atoms with Crippen LogP contribution in [-0.2, 0) is 0 Å². The van der Waals surface area contributed by atoms with Gasteiger partial charge in [0.1, 0.15) is 11.6 Å². The molecule has 0 bridgehead atoms.